The molecule has 0 saturated heterocycles. The summed E-state index contributed by atoms with van der Waals surface area (Å²) in [4.78, 5) is 6.66. The second-order valence-electron chi connectivity index (χ2n) is 6.21. The molecule has 3 rings (SSSR count). The minimum atomic E-state index is -0.509. The van der Waals surface area contributed by atoms with Crippen LogP contribution in [0, 0.1) is 0 Å². The summed E-state index contributed by atoms with van der Waals surface area (Å²) in [6, 6.07) is 7.76. The molecule has 130 valence electrons. The predicted octanol–water partition coefficient (Wildman–Crippen LogP) is 1.36. The quantitative estimate of drug-likeness (QED) is 0.830. The Morgan fingerprint density at radius 2 is 2.17 bits per heavy atom. The summed E-state index contributed by atoms with van der Waals surface area (Å²) in [5.41, 5.74) is 3.40. The summed E-state index contributed by atoms with van der Waals surface area (Å²) in [6.07, 6.45) is 2.33. The van der Waals surface area contributed by atoms with Gasteiger partial charge in [-0.1, -0.05) is 18.2 Å². The van der Waals surface area contributed by atoms with Gasteiger partial charge in [0.1, 0.15) is 5.75 Å². The number of nitrogens with zero attached hydrogens (tertiary/aromatic N) is 3. The first-order valence-electron chi connectivity index (χ1n) is 8.26. The molecule has 2 heterocycles. The first-order valence-corrected chi connectivity index (χ1v) is 8.26. The van der Waals surface area contributed by atoms with Gasteiger partial charge in [-0.15, -0.1) is 0 Å². The predicted molar refractivity (Wildman–Crippen MR) is 90.8 cm³/mol. The summed E-state index contributed by atoms with van der Waals surface area (Å²) < 4.78 is 13.0. The fourth-order valence-electron chi connectivity index (χ4n) is 3.15. The van der Waals surface area contributed by atoms with Crippen molar-refractivity contribution in [3.63, 3.8) is 0 Å². The van der Waals surface area contributed by atoms with E-state index in [2.05, 4.69) is 14.5 Å². The molecule has 0 aliphatic carbocycles. The van der Waals surface area contributed by atoms with Crippen LogP contribution >= 0.6 is 0 Å². The molecular formula is C18H25N3O3. The minimum absolute atomic E-state index is 0.309. The highest BCUT2D eigenvalue weighted by molar-refractivity contribution is 5.32. The fourth-order valence-corrected chi connectivity index (χ4v) is 3.15. The first kappa shape index (κ1) is 17.0. The SMILES string of the molecule is COc1ccccc1COC[C@H](O)CN1CCc2c(ncn2C)C1. The number of ether oxygens (including phenoxy) is 2. The maximum atomic E-state index is 10.2. The highest BCUT2D eigenvalue weighted by atomic mass is 16.5. The zero-order valence-corrected chi connectivity index (χ0v) is 14.3. The highest BCUT2D eigenvalue weighted by Gasteiger charge is 2.21. The van der Waals surface area contributed by atoms with E-state index >= 15 is 0 Å². The molecule has 1 aliphatic heterocycles. The van der Waals surface area contributed by atoms with Crippen LogP contribution in [-0.4, -0.2) is 52.5 Å². The van der Waals surface area contributed by atoms with E-state index in [9.17, 15) is 5.11 Å². The van der Waals surface area contributed by atoms with Gasteiger partial charge < -0.3 is 19.1 Å². The van der Waals surface area contributed by atoms with Crippen LogP contribution in [0.15, 0.2) is 30.6 Å². The lowest BCUT2D eigenvalue weighted by atomic mass is 10.1. The van der Waals surface area contributed by atoms with Gasteiger partial charge in [-0.2, -0.15) is 0 Å². The molecule has 1 aromatic carbocycles. The molecule has 1 aliphatic rings. The van der Waals surface area contributed by atoms with E-state index in [1.165, 1.54) is 5.69 Å². The Hall–Kier alpha value is -1.89. The van der Waals surface area contributed by atoms with E-state index in [0.717, 1.165) is 36.5 Å². The first-order chi connectivity index (χ1) is 11.7. The minimum Gasteiger partial charge on any atom is -0.496 e. The smallest absolute Gasteiger partial charge is 0.124 e. The van der Waals surface area contributed by atoms with Gasteiger partial charge in [-0.05, 0) is 6.07 Å². The summed E-state index contributed by atoms with van der Waals surface area (Å²) in [6.45, 7) is 3.08. The van der Waals surface area contributed by atoms with Crippen molar-refractivity contribution in [2.24, 2.45) is 7.05 Å². The van der Waals surface area contributed by atoms with Crippen LogP contribution in [0.1, 0.15) is 17.0 Å². The third-order valence-corrected chi connectivity index (χ3v) is 4.41. The summed E-state index contributed by atoms with van der Waals surface area (Å²) in [5.74, 6) is 0.811. The van der Waals surface area contributed by atoms with Gasteiger partial charge in [0.25, 0.3) is 0 Å². The van der Waals surface area contributed by atoms with E-state index in [1.54, 1.807) is 7.11 Å². The molecule has 6 nitrogen and oxygen atoms in total. The fraction of sp³-hybridized carbons (Fsp3) is 0.500. The Balaban J connectivity index is 1.44. The molecule has 0 fully saturated rings. The van der Waals surface area contributed by atoms with Crippen LogP contribution in [0.4, 0.5) is 0 Å². The van der Waals surface area contributed by atoms with Gasteiger partial charge in [0.15, 0.2) is 0 Å². The van der Waals surface area contributed by atoms with Crippen molar-refractivity contribution in [1.29, 1.82) is 0 Å². The van der Waals surface area contributed by atoms with Gasteiger partial charge in [-0.3, -0.25) is 4.90 Å². The molecular weight excluding hydrogens is 306 g/mol. The monoisotopic (exact) mass is 331 g/mol. The summed E-state index contributed by atoms with van der Waals surface area (Å²) in [5, 5.41) is 10.2. The van der Waals surface area contributed by atoms with E-state index in [0.29, 0.717) is 19.8 Å². The third kappa shape index (κ3) is 3.95. The van der Waals surface area contributed by atoms with E-state index in [4.69, 9.17) is 9.47 Å². The normalized spacial score (nSPS) is 16.0. The number of aliphatic hydroxyl groups is 1. The molecule has 0 unspecified atom stereocenters. The summed E-state index contributed by atoms with van der Waals surface area (Å²) >= 11 is 0. The number of methoxy groups -OCH3 is 1. The van der Waals surface area contributed by atoms with Crippen LogP contribution in [-0.2, 0) is 31.4 Å². The Morgan fingerprint density at radius 1 is 1.33 bits per heavy atom. The van der Waals surface area contributed by atoms with Crippen molar-refractivity contribution in [3.8, 4) is 5.75 Å². The van der Waals surface area contributed by atoms with Gasteiger partial charge in [0, 0.05) is 44.4 Å². The molecule has 1 aromatic heterocycles. The van der Waals surface area contributed by atoms with Crippen molar-refractivity contribution in [2.45, 2.75) is 25.7 Å². The Bertz CT molecular complexity index is 671. The Kier molecular flexibility index (Phi) is 5.50. The van der Waals surface area contributed by atoms with Gasteiger partial charge in [-0.25, -0.2) is 4.98 Å². The second kappa shape index (κ2) is 7.79. The van der Waals surface area contributed by atoms with E-state index < -0.39 is 6.10 Å². The van der Waals surface area contributed by atoms with Crippen LogP contribution in [0.5, 0.6) is 5.75 Å². The van der Waals surface area contributed by atoms with Crippen LogP contribution in [0.25, 0.3) is 0 Å². The summed E-state index contributed by atoms with van der Waals surface area (Å²) in [7, 11) is 3.68. The van der Waals surface area contributed by atoms with Crippen LogP contribution < -0.4 is 4.74 Å². The topological polar surface area (TPSA) is 59.8 Å². The lowest BCUT2D eigenvalue weighted by molar-refractivity contribution is 0.00698. The average molecular weight is 331 g/mol. The highest BCUT2D eigenvalue weighted by Crippen LogP contribution is 2.19. The number of hydrogen-bond donors (Lipinski definition) is 1. The number of β-amino-alcohol motifs (C(OH)–C–C–N with tert-alkyl or cyclic N) is 1. The maximum Gasteiger partial charge on any atom is 0.124 e. The lowest BCUT2D eigenvalue weighted by Crippen LogP contribution is -2.38. The van der Waals surface area contributed by atoms with E-state index in [-0.39, 0.29) is 0 Å². The number of rotatable bonds is 7. The average Bonchev–Trinajstić information content (AvgIpc) is 2.96. The molecule has 2 aromatic rings. The molecule has 1 atom stereocenters. The maximum absolute atomic E-state index is 10.2. The van der Waals surface area contributed by atoms with Gasteiger partial charge in [0.05, 0.1) is 38.4 Å². The molecule has 0 spiro atoms. The second-order valence-corrected chi connectivity index (χ2v) is 6.21. The zero-order chi connectivity index (χ0) is 16.9. The number of aliphatic hydroxyl groups excluding tert-OH is 1. The number of fused-ring (bicyclic) bond motifs is 1. The van der Waals surface area contributed by atoms with Crippen molar-refractivity contribution in [2.75, 3.05) is 26.8 Å². The molecule has 24 heavy (non-hydrogen) atoms. The zero-order valence-electron chi connectivity index (χ0n) is 14.3. The number of imidazole rings is 1. The molecule has 0 saturated carbocycles. The number of hydrogen-bond acceptors (Lipinski definition) is 5. The van der Waals surface area contributed by atoms with Crippen LogP contribution in [0.3, 0.4) is 0 Å². The van der Waals surface area contributed by atoms with E-state index in [1.807, 2.05) is 37.6 Å². The molecule has 0 bridgehead atoms. The van der Waals surface area contributed by atoms with Crippen molar-refractivity contribution in [3.05, 3.63) is 47.5 Å². The Labute approximate surface area is 142 Å². The lowest BCUT2D eigenvalue weighted by Gasteiger charge is -2.28. The van der Waals surface area contributed by atoms with Crippen molar-refractivity contribution < 1.29 is 14.6 Å². The van der Waals surface area contributed by atoms with Crippen LogP contribution in [0.2, 0.25) is 0 Å². The molecule has 0 amide bonds. The number of aryl methyl sites for hydroxylation is 1. The molecule has 1 N–H and O–H groups in total. The third-order valence-electron chi connectivity index (χ3n) is 4.41. The number of para-hydroxylation sites is 1. The number of benzene rings is 1. The molecule has 6 heteroatoms. The molecule has 0 radical (unpaired) electrons. The number of aromatic nitrogens is 2. The largest absolute Gasteiger partial charge is 0.496 e. The van der Waals surface area contributed by atoms with Crippen molar-refractivity contribution in [1.82, 2.24) is 14.5 Å². The van der Waals surface area contributed by atoms with Crippen molar-refractivity contribution >= 4 is 0 Å². The van der Waals surface area contributed by atoms with Gasteiger partial charge >= 0.3 is 0 Å². The van der Waals surface area contributed by atoms with Gasteiger partial charge in [0.2, 0.25) is 0 Å². The standard InChI is InChI=1S/C18H25N3O3/c1-20-13-19-16-10-21(8-7-17(16)20)9-15(22)12-24-11-14-5-3-4-6-18(14)23-2/h3-6,13,15,22H,7-12H2,1-2H3/t15-/m1/s1. The Morgan fingerprint density at radius 3 is 3.00 bits per heavy atom.